The molecule has 6 heteroatoms. The van der Waals surface area contributed by atoms with Crippen molar-refractivity contribution in [2.45, 2.75) is 52.0 Å². The fourth-order valence-corrected chi connectivity index (χ4v) is 3.63. The van der Waals surface area contributed by atoms with Crippen LogP contribution in [0, 0.1) is 6.92 Å². The molecule has 1 saturated heterocycles. The lowest BCUT2D eigenvalue weighted by atomic mass is 10.0. The average molecular weight is 402 g/mol. The maximum Gasteiger partial charge on any atom is 0.222 e. The van der Waals surface area contributed by atoms with Gasteiger partial charge in [0.05, 0.1) is 12.6 Å². The lowest BCUT2D eigenvalue weighted by molar-refractivity contribution is -0.130. The summed E-state index contributed by atoms with van der Waals surface area (Å²) in [4.78, 5) is 21.2. The number of aliphatic imine (C=N–C) groups is 1. The van der Waals surface area contributed by atoms with Crippen LogP contribution in [-0.2, 0) is 4.79 Å². The molecule has 2 N–H and O–H groups in total. The summed E-state index contributed by atoms with van der Waals surface area (Å²) in [5, 5.41) is 6.76. The van der Waals surface area contributed by atoms with E-state index < -0.39 is 0 Å². The molecule has 1 atom stereocenters. The number of rotatable bonds is 9. The van der Waals surface area contributed by atoms with Crippen LogP contribution in [0.5, 0.6) is 0 Å². The van der Waals surface area contributed by atoms with Gasteiger partial charge < -0.3 is 20.4 Å². The molecule has 162 valence electrons. The molecule has 1 aliphatic rings. The van der Waals surface area contributed by atoms with E-state index >= 15 is 0 Å². The van der Waals surface area contributed by atoms with E-state index in [-0.39, 0.29) is 6.04 Å². The molecule has 0 spiro atoms. The largest absolute Gasteiger partial charge is 0.357 e. The Morgan fingerprint density at radius 2 is 1.93 bits per heavy atom. The Kier molecular flexibility index (Phi) is 9.98. The molecule has 2 rings (SSSR count). The standard InChI is InChI=1S/C23H39N5O/c1-5-24-23(25-15-9-17-28-16-8-6-7-10-22(28)29)26-18-21(27(3)4)20-13-11-19(2)12-14-20/h11-14,21H,5-10,15-18H2,1-4H3,(H2,24,25,26). The number of hydrogen-bond acceptors (Lipinski definition) is 3. The highest BCUT2D eigenvalue weighted by molar-refractivity contribution is 5.79. The van der Waals surface area contributed by atoms with Gasteiger partial charge in [-0.05, 0) is 52.8 Å². The molecular formula is C23H39N5O. The molecule has 0 bridgehead atoms. The number of benzene rings is 1. The smallest absolute Gasteiger partial charge is 0.222 e. The Morgan fingerprint density at radius 3 is 2.62 bits per heavy atom. The number of likely N-dealkylation sites (tertiary alicyclic amines) is 1. The molecule has 1 heterocycles. The molecular weight excluding hydrogens is 362 g/mol. The van der Waals surface area contributed by atoms with Crippen molar-refractivity contribution < 1.29 is 4.79 Å². The van der Waals surface area contributed by atoms with Crippen LogP contribution in [0.3, 0.4) is 0 Å². The maximum absolute atomic E-state index is 12.1. The highest BCUT2D eigenvalue weighted by Gasteiger charge is 2.16. The molecule has 1 unspecified atom stereocenters. The molecule has 1 aromatic carbocycles. The van der Waals surface area contributed by atoms with Crippen molar-refractivity contribution in [3.8, 4) is 0 Å². The Balaban J connectivity index is 1.87. The van der Waals surface area contributed by atoms with Gasteiger partial charge in [-0.1, -0.05) is 36.2 Å². The predicted octanol–water partition coefficient (Wildman–Crippen LogP) is 2.95. The van der Waals surface area contributed by atoms with Crippen LogP contribution in [-0.4, -0.2) is 68.5 Å². The van der Waals surface area contributed by atoms with Crippen molar-refractivity contribution in [1.29, 1.82) is 0 Å². The Bertz CT molecular complexity index is 641. The minimum atomic E-state index is 0.237. The first-order valence-corrected chi connectivity index (χ1v) is 11.0. The minimum Gasteiger partial charge on any atom is -0.357 e. The minimum absolute atomic E-state index is 0.237. The van der Waals surface area contributed by atoms with Crippen LogP contribution < -0.4 is 10.6 Å². The van der Waals surface area contributed by atoms with Crippen molar-refractivity contribution in [1.82, 2.24) is 20.4 Å². The van der Waals surface area contributed by atoms with Crippen LogP contribution in [0.2, 0.25) is 0 Å². The molecule has 0 saturated carbocycles. The van der Waals surface area contributed by atoms with Gasteiger partial charge >= 0.3 is 0 Å². The van der Waals surface area contributed by atoms with Gasteiger partial charge in [-0.15, -0.1) is 0 Å². The van der Waals surface area contributed by atoms with Crippen LogP contribution in [0.1, 0.15) is 56.2 Å². The van der Waals surface area contributed by atoms with E-state index in [0.29, 0.717) is 18.9 Å². The summed E-state index contributed by atoms with van der Waals surface area (Å²) in [7, 11) is 4.19. The fourth-order valence-electron chi connectivity index (χ4n) is 3.63. The maximum atomic E-state index is 12.1. The van der Waals surface area contributed by atoms with Crippen molar-refractivity contribution in [2.75, 3.05) is 46.8 Å². The Morgan fingerprint density at radius 1 is 1.17 bits per heavy atom. The van der Waals surface area contributed by atoms with Crippen molar-refractivity contribution in [3.63, 3.8) is 0 Å². The topological polar surface area (TPSA) is 60.0 Å². The van der Waals surface area contributed by atoms with Gasteiger partial charge in [-0.3, -0.25) is 9.79 Å². The van der Waals surface area contributed by atoms with Gasteiger partial charge in [0.1, 0.15) is 0 Å². The number of guanidine groups is 1. The second kappa shape index (κ2) is 12.5. The van der Waals surface area contributed by atoms with Gasteiger partial charge in [-0.2, -0.15) is 0 Å². The van der Waals surface area contributed by atoms with Crippen LogP contribution >= 0.6 is 0 Å². The SMILES string of the molecule is CCNC(=NCC(c1ccc(C)cc1)N(C)C)NCCCN1CCCCCC1=O. The summed E-state index contributed by atoms with van der Waals surface area (Å²) in [6.07, 6.45) is 4.99. The lowest BCUT2D eigenvalue weighted by Crippen LogP contribution is -2.40. The molecule has 1 amide bonds. The summed E-state index contributed by atoms with van der Waals surface area (Å²) in [5.74, 6) is 1.16. The number of hydrogen-bond donors (Lipinski definition) is 2. The fraction of sp³-hybridized carbons (Fsp3) is 0.652. The Labute approximate surface area is 176 Å². The number of nitrogens with zero attached hydrogens (tertiary/aromatic N) is 3. The number of nitrogens with one attached hydrogen (secondary N) is 2. The molecule has 0 aliphatic carbocycles. The van der Waals surface area contributed by atoms with Gasteiger partial charge in [0.15, 0.2) is 5.96 Å². The zero-order valence-corrected chi connectivity index (χ0v) is 18.7. The summed E-state index contributed by atoms with van der Waals surface area (Å²) < 4.78 is 0. The van der Waals surface area contributed by atoms with E-state index in [9.17, 15) is 4.79 Å². The number of amides is 1. The normalized spacial score (nSPS) is 16.7. The lowest BCUT2D eigenvalue weighted by Gasteiger charge is -2.24. The molecule has 29 heavy (non-hydrogen) atoms. The first-order valence-electron chi connectivity index (χ1n) is 11.0. The highest BCUT2D eigenvalue weighted by Crippen LogP contribution is 2.19. The van der Waals surface area contributed by atoms with E-state index in [0.717, 1.165) is 51.4 Å². The first-order chi connectivity index (χ1) is 14.0. The number of likely N-dealkylation sites (N-methyl/N-ethyl adjacent to an activating group) is 1. The summed E-state index contributed by atoms with van der Waals surface area (Å²) >= 11 is 0. The summed E-state index contributed by atoms with van der Waals surface area (Å²) in [5.41, 5.74) is 2.55. The summed E-state index contributed by atoms with van der Waals surface area (Å²) in [6, 6.07) is 8.93. The van der Waals surface area contributed by atoms with Crippen LogP contribution in [0.15, 0.2) is 29.3 Å². The van der Waals surface area contributed by atoms with Gasteiger partial charge in [0.25, 0.3) is 0 Å². The Hall–Kier alpha value is -2.08. The van der Waals surface area contributed by atoms with Crippen LogP contribution in [0.25, 0.3) is 0 Å². The zero-order valence-electron chi connectivity index (χ0n) is 18.7. The van der Waals surface area contributed by atoms with E-state index in [4.69, 9.17) is 4.99 Å². The molecule has 1 aliphatic heterocycles. The highest BCUT2D eigenvalue weighted by atomic mass is 16.2. The molecule has 0 aromatic heterocycles. The molecule has 6 nitrogen and oxygen atoms in total. The van der Waals surface area contributed by atoms with E-state index in [1.165, 1.54) is 17.5 Å². The molecule has 1 aromatic rings. The number of carbonyl (C=O) groups excluding carboxylic acids is 1. The van der Waals surface area contributed by atoms with E-state index in [2.05, 4.69) is 67.7 Å². The number of carbonyl (C=O) groups is 1. The van der Waals surface area contributed by atoms with Crippen LogP contribution in [0.4, 0.5) is 0 Å². The first kappa shape index (κ1) is 23.2. The predicted molar refractivity (Wildman–Crippen MR) is 121 cm³/mol. The molecule has 1 fully saturated rings. The zero-order chi connectivity index (χ0) is 21.1. The average Bonchev–Trinajstić information content (AvgIpc) is 2.90. The van der Waals surface area contributed by atoms with Crippen molar-refractivity contribution in [2.24, 2.45) is 4.99 Å². The van der Waals surface area contributed by atoms with Gasteiger partial charge in [-0.25, -0.2) is 0 Å². The molecule has 0 radical (unpaired) electrons. The van der Waals surface area contributed by atoms with Crippen molar-refractivity contribution >= 4 is 11.9 Å². The second-order valence-corrected chi connectivity index (χ2v) is 8.08. The summed E-state index contributed by atoms with van der Waals surface area (Å²) in [6.45, 7) is 8.26. The third-order valence-electron chi connectivity index (χ3n) is 5.42. The third-order valence-corrected chi connectivity index (χ3v) is 5.42. The second-order valence-electron chi connectivity index (χ2n) is 8.08. The van der Waals surface area contributed by atoms with E-state index in [1.54, 1.807) is 0 Å². The van der Waals surface area contributed by atoms with E-state index in [1.807, 2.05) is 4.90 Å². The number of aryl methyl sites for hydroxylation is 1. The van der Waals surface area contributed by atoms with Crippen molar-refractivity contribution in [3.05, 3.63) is 35.4 Å². The monoisotopic (exact) mass is 401 g/mol. The van der Waals surface area contributed by atoms with Gasteiger partial charge in [0, 0.05) is 32.6 Å². The quantitative estimate of drug-likeness (QED) is 0.379. The van der Waals surface area contributed by atoms with Gasteiger partial charge in [0.2, 0.25) is 5.91 Å². The third kappa shape index (κ3) is 8.05.